The molecule has 1 amide bonds. The fraction of sp³-hybridized carbons (Fsp3) is 0.462. The number of nitrogens with one attached hydrogen (secondary N) is 1. The van der Waals surface area contributed by atoms with Gasteiger partial charge in [0.05, 0.1) is 10.5 Å². The molecule has 112 valence electrons. The van der Waals surface area contributed by atoms with Crippen LogP contribution in [-0.4, -0.2) is 22.9 Å². The SMILES string of the molecule is CC(C)C(C)(CN)NC(=O)c1cccc([N+](=O)[O-])c1.Cl. The molecule has 0 radical (unpaired) electrons. The van der Waals surface area contributed by atoms with E-state index in [0.717, 1.165) is 0 Å². The zero-order valence-electron chi connectivity index (χ0n) is 11.8. The van der Waals surface area contributed by atoms with Crippen molar-refractivity contribution in [1.29, 1.82) is 0 Å². The molecule has 1 aromatic carbocycles. The van der Waals surface area contributed by atoms with Gasteiger partial charge in [0.1, 0.15) is 0 Å². The molecule has 0 saturated heterocycles. The lowest BCUT2D eigenvalue weighted by atomic mass is 9.88. The highest BCUT2D eigenvalue weighted by Crippen LogP contribution is 2.17. The average Bonchev–Trinajstić information content (AvgIpc) is 2.38. The number of carbonyl (C=O) groups is 1. The molecule has 1 unspecified atom stereocenters. The maximum absolute atomic E-state index is 12.1. The van der Waals surface area contributed by atoms with E-state index in [1.807, 2.05) is 20.8 Å². The van der Waals surface area contributed by atoms with Gasteiger partial charge >= 0.3 is 0 Å². The van der Waals surface area contributed by atoms with Gasteiger partial charge in [-0.15, -0.1) is 12.4 Å². The Morgan fingerprint density at radius 2 is 2.10 bits per heavy atom. The van der Waals surface area contributed by atoms with Crippen LogP contribution in [0, 0.1) is 16.0 Å². The lowest BCUT2D eigenvalue weighted by molar-refractivity contribution is -0.384. The number of nitrogens with zero attached hydrogens (tertiary/aromatic N) is 1. The van der Waals surface area contributed by atoms with Crippen molar-refractivity contribution in [2.75, 3.05) is 6.54 Å². The number of nitro groups is 1. The number of nitro benzene ring substituents is 1. The summed E-state index contributed by atoms with van der Waals surface area (Å²) >= 11 is 0. The Labute approximate surface area is 124 Å². The molecule has 1 aromatic rings. The Hall–Kier alpha value is -1.66. The molecule has 0 bridgehead atoms. The van der Waals surface area contributed by atoms with Crippen LogP contribution < -0.4 is 11.1 Å². The number of amides is 1. The first kappa shape index (κ1) is 18.3. The van der Waals surface area contributed by atoms with Gasteiger partial charge in [0.25, 0.3) is 11.6 Å². The average molecular weight is 302 g/mol. The van der Waals surface area contributed by atoms with E-state index in [-0.39, 0.29) is 35.5 Å². The fourth-order valence-electron chi connectivity index (χ4n) is 1.52. The van der Waals surface area contributed by atoms with E-state index < -0.39 is 10.5 Å². The summed E-state index contributed by atoms with van der Waals surface area (Å²) in [5.41, 5.74) is 5.30. The number of carbonyl (C=O) groups excluding carboxylic acids is 1. The van der Waals surface area contributed by atoms with Crippen molar-refractivity contribution in [3.63, 3.8) is 0 Å². The van der Waals surface area contributed by atoms with Crippen molar-refractivity contribution in [1.82, 2.24) is 5.32 Å². The molecule has 7 heteroatoms. The zero-order valence-corrected chi connectivity index (χ0v) is 12.6. The second-order valence-corrected chi connectivity index (χ2v) is 5.04. The summed E-state index contributed by atoms with van der Waals surface area (Å²) in [6.07, 6.45) is 0. The van der Waals surface area contributed by atoms with E-state index in [2.05, 4.69) is 5.32 Å². The maximum Gasteiger partial charge on any atom is 0.270 e. The van der Waals surface area contributed by atoms with Crippen LogP contribution in [0.5, 0.6) is 0 Å². The Kier molecular flexibility index (Phi) is 6.61. The van der Waals surface area contributed by atoms with Gasteiger partial charge in [-0.1, -0.05) is 19.9 Å². The fourth-order valence-corrected chi connectivity index (χ4v) is 1.52. The second kappa shape index (κ2) is 7.21. The first-order valence-electron chi connectivity index (χ1n) is 6.07. The van der Waals surface area contributed by atoms with E-state index in [4.69, 9.17) is 5.73 Å². The third-order valence-electron chi connectivity index (χ3n) is 3.42. The summed E-state index contributed by atoms with van der Waals surface area (Å²) in [4.78, 5) is 22.3. The van der Waals surface area contributed by atoms with Gasteiger partial charge in [0.15, 0.2) is 0 Å². The minimum absolute atomic E-state index is 0. The van der Waals surface area contributed by atoms with Crippen LogP contribution >= 0.6 is 12.4 Å². The van der Waals surface area contributed by atoms with Gasteiger partial charge in [0, 0.05) is 24.2 Å². The van der Waals surface area contributed by atoms with Crippen molar-refractivity contribution < 1.29 is 9.72 Å². The predicted octanol–water partition coefficient (Wildman–Crippen LogP) is 2.12. The molecule has 0 fully saturated rings. The molecular formula is C13H20ClN3O3. The molecule has 0 aliphatic heterocycles. The van der Waals surface area contributed by atoms with E-state index in [0.29, 0.717) is 6.54 Å². The van der Waals surface area contributed by atoms with Crippen LogP contribution in [0.4, 0.5) is 5.69 Å². The van der Waals surface area contributed by atoms with Crippen LogP contribution in [0.25, 0.3) is 0 Å². The Bertz CT molecular complexity index is 494. The number of benzene rings is 1. The Balaban J connectivity index is 0.00000361. The number of nitrogens with two attached hydrogens (primary N) is 1. The van der Waals surface area contributed by atoms with Crippen molar-refractivity contribution in [2.24, 2.45) is 11.7 Å². The molecule has 0 aliphatic rings. The zero-order chi connectivity index (χ0) is 14.6. The number of hydrogen-bond acceptors (Lipinski definition) is 4. The Morgan fingerprint density at radius 1 is 1.50 bits per heavy atom. The van der Waals surface area contributed by atoms with Gasteiger partial charge in [-0.3, -0.25) is 14.9 Å². The molecule has 1 atom stereocenters. The van der Waals surface area contributed by atoms with Crippen molar-refractivity contribution in [3.05, 3.63) is 39.9 Å². The van der Waals surface area contributed by atoms with Crippen LogP contribution in [0.15, 0.2) is 24.3 Å². The van der Waals surface area contributed by atoms with E-state index >= 15 is 0 Å². The number of rotatable bonds is 5. The van der Waals surface area contributed by atoms with Gasteiger partial charge in [-0.2, -0.15) is 0 Å². The van der Waals surface area contributed by atoms with E-state index in [9.17, 15) is 14.9 Å². The topological polar surface area (TPSA) is 98.3 Å². The number of hydrogen-bond donors (Lipinski definition) is 2. The lowest BCUT2D eigenvalue weighted by Gasteiger charge is -2.33. The minimum atomic E-state index is -0.540. The largest absolute Gasteiger partial charge is 0.345 e. The van der Waals surface area contributed by atoms with Gasteiger partial charge in [-0.25, -0.2) is 0 Å². The van der Waals surface area contributed by atoms with Crippen LogP contribution in [-0.2, 0) is 0 Å². The van der Waals surface area contributed by atoms with Gasteiger partial charge < -0.3 is 11.1 Å². The molecule has 3 N–H and O–H groups in total. The molecule has 0 saturated carbocycles. The molecule has 0 heterocycles. The monoisotopic (exact) mass is 301 g/mol. The van der Waals surface area contributed by atoms with Gasteiger partial charge in [-0.05, 0) is 18.9 Å². The maximum atomic E-state index is 12.1. The second-order valence-electron chi connectivity index (χ2n) is 5.04. The predicted molar refractivity (Wildman–Crippen MR) is 80.1 cm³/mol. The third-order valence-corrected chi connectivity index (χ3v) is 3.42. The minimum Gasteiger partial charge on any atom is -0.345 e. The number of halogens is 1. The number of non-ortho nitro benzene ring substituents is 1. The Morgan fingerprint density at radius 3 is 2.55 bits per heavy atom. The third kappa shape index (κ3) is 4.18. The smallest absolute Gasteiger partial charge is 0.270 e. The highest BCUT2D eigenvalue weighted by molar-refractivity contribution is 5.95. The van der Waals surface area contributed by atoms with Crippen LogP contribution in [0.2, 0.25) is 0 Å². The first-order chi connectivity index (χ1) is 8.80. The van der Waals surface area contributed by atoms with Crippen molar-refractivity contribution in [2.45, 2.75) is 26.3 Å². The van der Waals surface area contributed by atoms with Crippen molar-refractivity contribution in [3.8, 4) is 0 Å². The molecule has 0 aromatic heterocycles. The highest BCUT2D eigenvalue weighted by Gasteiger charge is 2.29. The van der Waals surface area contributed by atoms with Crippen molar-refractivity contribution >= 4 is 24.0 Å². The summed E-state index contributed by atoms with van der Waals surface area (Å²) < 4.78 is 0. The standard InChI is InChI=1S/C13H19N3O3.ClH/c1-9(2)13(3,8-14)15-12(17)10-5-4-6-11(7-10)16(18)19;/h4-7,9H,8,14H2,1-3H3,(H,15,17);1H. The molecule has 1 rings (SSSR count). The molecule has 6 nitrogen and oxygen atoms in total. The summed E-state index contributed by atoms with van der Waals surface area (Å²) in [6.45, 7) is 6.07. The molecule has 0 aliphatic carbocycles. The molecule has 20 heavy (non-hydrogen) atoms. The normalized spacial score (nSPS) is 13.2. The molecular weight excluding hydrogens is 282 g/mol. The quantitative estimate of drug-likeness (QED) is 0.643. The van der Waals surface area contributed by atoms with E-state index in [1.165, 1.54) is 18.2 Å². The van der Waals surface area contributed by atoms with Crippen LogP contribution in [0.1, 0.15) is 31.1 Å². The summed E-state index contributed by atoms with van der Waals surface area (Å²) in [5.74, 6) is -0.203. The first-order valence-corrected chi connectivity index (χ1v) is 6.07. The highest BCUT2D eigenvalue weighted by atomic mass is 35.5. The lowest BCUT2D eigenvalue weighted by Crippen LogP contribution is -2.55. The summed E-state index contributed by atoms with van der Waals surface area (Å²) in [5, 5.41) is 13.5. The van der Waals surface area contributed by atoms with Gasteiger partial charge in [0.2, 0.25) is 0 Å². The molecule has 0 spiro atoms. The summed E-state index contributed by atoms with van der Waals surface area (Å²) in [7, 11) is 0. The summed E-state index contributed by atoms with van der Waals surface area (Å²) in [6, 6.07) is 5.63. The van der Waals surface area contributed by atoms with E-state index in [1.54, 1.807) is 6.07 Å². The van der Waals surface area contributed by atoms with Crippen LogP contribution in [0.3, 0.4) is 0 Å².